The Balaban J connectivity index is 1.40. The monoisotopic (exact) mass is 812 g/mol. The van der Waals surface area contributed by atoms with E-state index in [4.69, 9.17) is 9.47 Å². The van der Waals surface area contributed by atoms with Crippen LogP contribution < -0.4 is 30.9 Å². The fourth-order valence-electron chi connectivity index (χ4n) is 6.73. The van der Waals surface area contributed by atoms with Crippen molar-refractivity contribution < 1.29 is 36.8 Å². The van der Waals surface area contributed by atoms with Gasteiger partial charge in [0.15, 0.2) is 0 Å². The lowest BCUT2D eigenvalue weighted by molar-refractivity contribution is -0.137. The minimum atomic E-state index is -4.80. The van der Waals surface area contributed by atoms with Gasteiger partial charge < -0.3 is 39.8 Å². The van der Waals surface area contributed by atoms with Crippen molar-refractivity contribution in [2.24, 2.45) is 0 Å². The van der Waals surface area contributed by atoms with Crippen molar-refractivity contribution in [2.75, 3.05) is 80.6 Å². The van der Waals surface area contributed by atoms with E-state index in [0.717, 1.165) is 32.4 Å². The second kappa shape index (κ2) is 18.1. The summed E-state index contributed by atoms with van der Waals surface area (Å²) in [5.41, 5.74) is -0.0520. The molecular formula is C40H52F3N8O5P. The maximum absolute atomic E-state index is 14.2. The van der Waals surface area contributed by atoms with Gasteiger partial charge in [-0.3, -0.25) is 9.69 Å². The van der Waals surface area contributed by atoms with E-state index in [2.05, 4.69) is 47.6 Å². The molecular weight excluding hydrogens is 760 g/mol. The highest BCUT2D eigenvalue weighted by molar-refractivity contribution is 7.70. The van der Waals surface area contributed by atoms with Crippen molar-refractivity contribution in [3.63, 3.8) is 0 Å². The predicted octanol–water partition coefficient (Wildman–Crippen LogP) is 7.50. The number of piperidine rings is 1. The summed E-state index contributed by atoms with van der Waals surface area (Å²) in [7, 11) is -1.41. The Bertz CT molecular complexity index is 2030. The van der Waals surface area contributed by atoms with Crippen molar-refractivity contribution in [1.29, 1.82) is 0 Å². The normalized spacial score (nSPS) is 15.7. The molecule has 0 saturated carbocycles. The summed E-state index contributed by atoms with van der Waals surface area (Å²) < 4.78 is 66.9. The van der Waals surface area contributed by atoms with E-state index in [1.54, 1.807) is 41.3 Å². The summed E-state index contributed by atoms with van der Waals surface area (Å²) in [6.45, 7) is 14.6. The number of nitrogens with one attached hydrogen (secondary N) is 3. The van der Waals surface area contributed by atoms with Gasteiger partial charge in [-0.1, -0.05) is 25.0 Å². The molecule has 3 N–H and O–H groups in total. The molecule has 13 nitrogen and oxygen atoms in total. The lowest BCUT2D eigenvalue weighted by atomic mass is 10.0. The molecule has 2 aromatic carbocycles. The number of rotatable bonds is 10. The molecule has 0 bridgehead atoms. The largest absolute Gasteiger partial charge is 0.494 e. The topological polar surface area (TPSA) is 141 Å². The fraction of sp³-hybridized carbons (Fsp3) is 0.500. The zero-order chi connectivity index (χ0) is 41.5. The van der Waals surface area contributed by atoms with E-state index in [1.165, 1.54) is 20.4 Å². The maximum atomic E-state index is 14.2. The van der Waals surface area contributed by atoms with Crippen molar-refractivity contribution in [1.82, 2.24) is 19.8 Å². The number of benzene rings is 2. The van der Waals surface area contributed by atoms with Crippen molar-refractivity contribution in [2.45, 2.75) is 71.2 Å². The molecule has 2 fully saturated rings. The predicted molar refractivity (Wildman–Crippen MR) is 218 cm³/mol. The molecule has 0 spiro atoms. The average Bonchev–Trinajstić information content (AvgIpc) is 3.14. The van der Waals surface area contributed by atoms with Crippen LogP contribution in [0.25, 0.3) is 0 Å². The van der Waals surface area contributed by atoms with E-state index in [0.29, 0.717) is 67.3 Å². The molecule has 5 rings (SSSR count). The van der Waals surface area contributed by atoms with Crippen molar-refractivity contribution >= 4 is 59.0 Å². The molecule has 2 saturated heterocycles. The summed E-state index contributed by atoms with van der Waals surface area (Å²) in [6.07, 6.45) is -1.41. The number of amides is 2. The number of hydrogen-bond acceptors (Lipinski definition) is 11. The molecule has 57 heavy (non-hydrogen) atoms. The van der Waals surface area contributed by atoms with Gasteiger partial charge in [0.1, 0.15) is 29.9 Å². The van der Waals surface area contributed by atoms with Gasteiger partial charge in [0.2, 0.25) is 5.95 Å². The van der Waals surface area contributed by atoms with Gasteiger partial charge >= 0.3 is 12.3 Å². The van der Waals surface area contributed by atoms with E-state index in [1.807, 2.05) is 27.7 Å². The third-order valence-electron chi connectivity index (χ3n) is 9.51. The van der Waals surface area contributed by atoms with Gasteiger partial charge in [0.05, 0.1) is 29.9 Å². The number of nitrogens with zero attached hydrogens (tertiary/aromatic N) is 5. The van der Waals surface area contributed by atoms with Gasteiger partial charge in [0, 0.05) is 69.3 Å². The van der Waals surface area contributed by atoms with Crippen LogP contribution in [0.1, 0.15) is 58.9 Å². The smallest absolute Gasteiger partial charge is 0.421 e. The van der Waals surface area contributed by atoms with E-state index >= 15 is 0 Å². The Hall–Kier alpha value is -5.00. The van der Waals surface area contributed by atoms with E-state index < -0.39 is 36.2 Å². The molecule has 308 valence electrons. The Kier molecular flexibility index (Phi) is 13.7. The summed E-state index contributed by atoms with van der Waals surface area (Å²) in [4.78, 5) is 40.1. The number of piperazine rings is 1. The zero-order valence-corrected chi connectivity index (χ0v) is 34.4. The van der Waals surface area contributed by atoms with E-state index in [-0.39, 0.29) is 23.4 Å². The number of aromatic nitrogens is 2. The first-order valence-electron chi connectivity index (χ1n) is 19.0. The highest BCUT2D eigenvalue weighted by Gasteiger charge is 2.36. The molecule has 2 amide bonds. The lowest BCUT2D eigenvalue weighted by Gasteiger charge is -2.43. The number of carbonyl (C=O) groups is 2. The Morgan fingerprint density at radius 1 is 0.965 bits per heavy atom. The highest BCUT2D eigenvalue weighted by atomic mass is 31.2. The number of carbonyl (C=O) groups excluding carboxylic acids is 2. The van der Waals surface area contributed by atoms with Gasteiger partial charge in [-0.25, -0.2) is 9.78 Å². The standard InChI is InChI=1S/C40H52F3N8O5P/c1-8-9-10-15-35(52)45-30-24-31(47-37-44-26-28(40(41,42)43)36(48-37)46-29-13-11-12-14-34(29)57(6,7)54)33(55-5)25-32(30)50-18-16-27(17-19-50)49-20-22-51(23-21-49)38(53)56-39(2,3)4/h11-14,24-27H,8-9,16-23H2,1-7H3,(H,45,52)(H2,44,46,47,48). The molecule has 0 radical (unpaired) electrons. The first-order valence-corrected chi connectivity index (χ1v) is 21.6. The SMILES string of the molecule is CCCC#CC(=O)Nc1cc(Nc2ncc(C(F)(F)F)c(Nc3ccccc3P(C)(C)=O)n2)c(OC)cc1N1CCC(N2CCN(C(=O)OC(C)(C)C)CC2)CC1. The summed E-state index contributed by atoms with van der Waals surface area (Å²) in [5, 5.41) is 9.01. The second-order valence-electron chi connectivity index (χ2n) is 15.4. The summed E-state index contributed by atoms with van der Waals surface area (Å²) >= 11 is 0. The number of methoxy groups -OCH3 is 1. The number of hydrogen-bond donors (Lipinski definition) is 3. The van der Waals surface area contributed by atoms with Crippen LogP contribution in [0.2, 0.25) is 0 Å². The molecule has 2 aliphatic heterocycles. The quantitative estimate of drug-likeness (QED) is 0.139. The van der Waals surface area contributed by atoms with E-state index in [9.17, 15) is 27.3 Å². The highest BCUT2D eigenvalue weighted by Crippen LogP contribution is 2.42. The molecule has 0 atom stereocenters. The van der Waals surface area contributed by atoms with Crippen LogP contribution in [0.4, 0.5) is 52.5 Å². The van der Waals surface area contributed by atoms with Crippen LogP contribution >= 0.6 is 7.14 Å². The molecule has 0 unspecified atom stereocenters. The Morgan fingerprint density at radius 3 is 2.26 bits per heavy atom. The van der Waals surface area contributed by atoms with Crippen LogP contribution in [-0.4, -0.2) is 103 Å². The summed E-state index contributed by atoms with van der Waals surface area (Å²) in [5.74, 6) is 4.59. The number of anilines is 6. The Labute approximate surface area is 332 Å². The lowest BCUT2D eigenvalue weighted by Crippen LogP contribution is -2.55. The van der Waals surface area contributed by atoms with Gasteiger partial charge in [-0.05, 0) is 77.5 Å². The third-order valence-corrected chi connectivity index (χ3v) is 11.1. The van der Waals surface area contributed by atoms with Crippen LogP contribution in [-0.2, 0) is 20.3 Å². The maximum Gasteiger partial charge on any atom is 0.421 e. The van der Waals surface area contributed by atoms with Crippen LogP contribution in [0, 0.1) is 11.8 Å². The fourth-order valence-corrected chi connectivity index (χ4v) is 7.88. The molecule has 2 aliphatic rings. The van der Waals surface area contributed by atoms with Crippen LogP contribution in [0.3, 0.4) is 0 Å². The molecule has 3 heterocycles. The minimum absolute atomic E-state index is 0.183. The van der Waals surface area contributed by atoms with Crippen LogP contribution in [0.15, 0.2) is 42.6 Å². The van der Waals surface area contributed by atoms with Gasteiger partial charge in [-0.15, -0.1) is 0 Å². The number of halogens is 3. The number of alkyl halides is 3. The minimum Gasteiger partial charge on any atom is -0.494 e. The first kappa shape index (κ1) is 43.1. The molecule has 0 aliphatic carbocycles. The average molecular weight is 813 g/mol. The summed E-state index contributed by atoms with van der Waals surface area (Å²) in [6, 6.07) is 10.1. The van der Waals surface area contributed by atoms with Gasteiger partial charge in [0.25, 0.3) is 5.91 Å². The zero-order valence-electron chi connectivity index (χ0n) is 33.5. The molecule has 17 heteroatoms. The second-order valence-corrected chi connectivity index (χ2v) is 18.6. The molecule has 3 aromatic rings. The number of ether oxygens (including phenoxy) is 2. The van der Waals surface area contributed by atoms with Crippen LogP contribution in [0.5, 0.6) is 5.75 Å². The Morgan fingerprint density at radius 2 is 1.65 bits per heavy atom. The van der Waals surface area contributed by atoms with Crippen molar-refractivity contribution in [3.05, 3.63) is 48.2 Å². The van der Waals surface area contributed by atoms with Crippen molar-refractivity contribution in [3.8, 4) is 17.6 Å². The third kappa shape index (κ3) is 11.5. The van der Waals surface area contributed by atoms with Gasteiger partial charge in [-0.2, -0.15) is 18.2 Å². The number of unbranched alkanes of at least 4 members (excludes halogenated alkanes) is 1. The number of para-hydroxylation sites is 1. The first-order chi connectivity index (χ1) is 26.9. The molecule has 1 aromatic heterocycles.